The lowest BCUT2D eigenvalue weighted by Gasteiger charge is -2.27. The molecule has 1 aliphatic heterocycles. The molecule has 0 unspecified atom stereocenters. The van der Waals surface area contributed by atoms with E-state index in [4.69, 9.17) is 0 Å². The van der Waals surface area contributed by atoms with Crippen LogP contribution in [-0.4, -0.2) is 13.3 Å². The highest BCUT2D eigenvalue weighted by atomic mass is 19.4. The minimum atomic E-state index is -4.70. The predicted octanol–water partition coefficient (Wildman–Crippen LogP) is 3.97. The highest BCUT2D eigenvalue weighted by Gasteiger charge is 2.32. The van der Waals surface area contributed by atoms with Crippen LogP contribution in [0.3, 0.4) is 0 Å². The van der Waals surface area contributed by atoms with E-state index in [0.717, 1.165) is 22.1 Å². The number of hydrogen-bond acceptors (Lipinski definition) is 3. The summed E-state index contributed by atoms with van der Waals surface area (Å²) in [5.74, 6) is -0.235. The number of ether oxygens (including phenoxy) is 1. The van der Waals surface area contributed by atoms with E-state index in [-0.39, 0.29) is 12.7 Å². The Balaban J connectivity index is 1.69. The summed E-state index contributed by atoms with van der Waals surface area (Å²) < 4.78 is 41.2. The molecular weight excluding hydrogens is 316 g/mol. The van der Waals surface area contributed by atoms with Crippen LogP contribution in [0.1, 0.15) is 0 Å². The summed E-state index contributed by atoms with van der Waals surface area (Å²) in [6.45, 7) is -0.345. The minimum Gasteiger partial charge on any atom is -0.406 e. The van der Waals surface area contributed by atoms with Gasteiger partial charge in [0.2, 0.25) is 0 Å². The van der Waals surface area contributed by atoms with Crippen molar-refractivity contribution in [2.24, 2.45) is 0 Å². The number of nitrogens with one attached hydrogen (secondary N) is 2. The molecule has 3 nitrogen and oxygen atoms in total. The van der Waals surface area contributed by atoms with Crippen LogP contribution in [0.15, 0.2) is 60.7 Å². The molecule has 0 aromatic heterocycles. The third-order valence-electron chi connectivity index (χ3n) is 3.93. The van der Waals surface area contributed by atoms with E-state index in [1.54, 1.807) is 12.1 Å². The largest absolute Gasteiger partial charge is 0.573 e. The molecule has 0 saturated carbocycles. The Hall–Kier alpha value is -2.83. The number of alkyl halides is 3. The van der Waals surface area contributed by atoms with Crippen LogP contribution in [0, 0.1) is 0 Å². The van der Waals surface area contributed by atoms with E-state index in [1.165, 1.54) is 12.1 Å². The molecule has 0 saturated heterocycles. The maximum absolute atomic E-state index is 12.4. The summed E-state index contributed by atoms with van der Waals surface area (Å²) in [5, 5.41) is 8.80. The molecule has 0 radical (unpaired) electrons. The Morgan fingerprint density at radius 1 is 0.833 bits per heavy atom. The van der Waals surface area contributed by atoms with E-state index in [2.05, 4.69) is 15.2 Å². The van der Waals surface area contributed by atoms with Crippen molar-refractivity contribution in [1.82, 2.24) is 0 Å². The third-order valence-corrected chi connectivity index (χ3v) is 3.93. The molecule has 7 heteroatoms. The maximum Gasteiger partial charge on any atom is 0.573 e. The van der Waals surface area contributed by atoms with Crippen LogP contribution in [0.2, 0.25) is 0 Å². The lowest BCUT2D eigenvalue weighted by atomic mass is 9.66. The van der Waals surface area contributed by atoms with Crippen molar-refractivity contribution in [1.29, 1.82) is 0 Å². The zero-order chi connectivity index (χ0) is 16.7. The molecule has 0 fully saturated rings. The van der Waals surface area contributed by atoms with Gasteiger partial charge >= 0.3 is 13.3 Å². The van der Waals surface area contributed by atoms with Crippen LogP contribution >= 0.6 is 0 Å². The second-order valence-electron chi connectivity index (χ2n) is 5.55. The summed E-state index contributed by atoms with van der Waals surface area (Å²) in [5.41, 5.74) is 2.53. The van der Waals surface area contributed by atoms with Gasteiger partial charge in [0, 0.05) is 16.8 Å². The molecular formula is C17H12BF3N2O. The van der Waals surface area contributed by atoms with Gasteiger partial charge in [0.15, 0.2) is 0 Å². The van der Waals surface area contributed by atoms with Gasteiger partial charge in [-0.05, 0) is 35.1 Å². The fourth-order valence-corrected chi connectivity index (χ4v) is 2.99. The number of hydrogen-bond donors (Lipinski definition) is 2. The zero-order valence-electron chi connectivity index (χ0n) is 12.4. The molecule has 3 aromatic rings. The fraction of sp³-hybridized carbons (Fsp3) is 0.0588. The molecule has 0 spiro atoms. The van der Waals surface area contributed by atoms with Gasteiger partial charge in [-0.15, -0.1) is 13.2 Å². The van der Waals surface area contributed by atoms with Gasteiger partial charge in [-0.1, -0.05) is 36.4 Å². The van der Waals surface area contributed by atoms with Gasteiger partial charge in [0.25, 0.3) is 0 Å². The molecule has 0 atom stereocenters. The smallest absolute Gasteiger partial charge is 0.406 e. The summed E-state index contributed by atoms with van der Waals surface area (Å²) >= 11 is 0. The van der Waals surface area contributed by atoms with Crippen LogP contribution in [-0.2, 0) is 0 Å². The Labute approximate surface area is 136 Å². The predicted molar refractivity (Wildman–Crippen MR) is 89.7 cm³/mol. The SMILES string of the molecule is FC(F)(F)Oc1cccc(B2Nc3cccc4cccc(c34)N2)c1. The second-order valence-corrected chi connectivity index (χ2v) is 5.55. The molecule has 24 heavy (non-hydrogen) atoms. The highest BCUT2D eigenvalue weighted by Crippen LogP contribution is 2.34. The summed E-state index contributed by atoms with van der Waals surface area (Å²) in [7, 11) is 0. The second kappa shape index (κ2) is 5.37. The number of rotatable bonds is 2. The fourth-order valence-electron chi connectivity index (χ4n) is 2.99. The summed E-state index contributed by atoms with van der Waals surface area (Å²) in [4.78, 5) is 0. The molecule has 4 rings (SSSR count). The highest BCUT2D eigenvalue weighted by molar-refractivity contribution is 6.80. The lowest BCUT2D eigenvalue weighted by molar-refractivity contribution is -0.274. The topological polar surface area (TPSA) is 33.3 Å². The van der Waals surface area contributed by atoms with Gasteiger partial charge in [-0.2, -0.15) is 0 Å². The van der Waals surface area contributed by atoms with E-state index < -0.39 is 6.36 Å². The Morgan fingerprint density at radius 3 is 2.08 bits per heavy atom. The van der Waals surface area contributed by atoms with Crippen LogP contribution in [0.4, 0.5) is 24.5 Å². The molecule has 1 aliphatic rings. The Morgan fingerprint density at radius 2 is 1.46 bits per heavy atom. The minimum absolute atomic E-state index is 0.235. The molecule has 0 bridgehead atoms. The van der Waals surface area contributed by atoms with Crippen molar-refractivity contribution < 1.29 is 17.9 Å². The molecule has 120 valence electrons. The van der Waals surface area contributed by atoms with Crippen LogP contribution in [0.5, 0.6) is 5.75 Å². The average molecular weight is 328 g/mol. The average Bonchev–Trinajstić information content (AvgIpc) is 2.54. The first kappa shape index (κ1) is 14.7. The first-order chi connectivity index (χ1) is 11.5. The van der Waals surface area contributed by atoms with Gasteiger partial charge < -0.3 is 15.2 Å². The normalized spacial score (nSPS) is 13.4. The lowest BCUT2D eigenvalue weighted by Crippen LogP contribution is -2.47. The van der Waals surface area contributed by atoms with Gasteiger partial charge in [0.1, 0.15) is 5.75 Å². The quantitative estimate of drug-likeness (QED) is 0.699. The van der Waals surface area contributed by atoms with Gasteiger partial charge in [-0.25, -0.2) is 0 Å². The molecule has 2 N–H and O–H groups in total. The van der Waals surface area contributed by atoms with Crippen molar-refractivity contribution in [2.45, 2.75) is 6.36 Å². The molecule has 1 heterocycles. The Bertz CT molecular complexity index is 873. The maximum atomic E-state index is 12.4. The van der Waals surface area contributed by atoms with E-state index >= 15 is 0 Å². The number of benzene rings is 3. The number of anilines is 2. The summed E-state index contributed by atoms with van der Waals surface area (Å²) in [6, 6.07) is 17.8. The third kappa shape index (κ3) is 2.73. The van der Waals surface area contributed by atoms with E-state index in [0.29, 0.717) is 5.46 Å². The van der Waals surface area contributed by atoms with Crippen molar-refractivity contribution in [3.8, 4) is 5.75 Å². The first-order valence-electron chi connectivity index (χ1n) is 7.40. The number of halogens is 3. The van der Waals surface area contributed by atoms with E-state index in [1.807, 2.05) is 36.4 Å². The molecule has 0 amide bonds. The zero-order valence-corrected chi connectivity index (χ0v) is 12.4. The molecule has 0 aliphatic carbocycles. The van der Waals surface area contributed by atoms with Crippen molar-refractivity contribution in [3.63, 3.8) is 0 Å². The van der Waals surface area contributed by atoms with Crippen LogP contribution < -0.4 is 20.7 Å². The summed E-state index contributed by atoms with van der Waals surface area (Å²) in [6.07, 6.45) is -4.70. The van der Waals surface area contributed by atoms with Gasteiger partial charge in [-0.3, -0.25) is 0 Å². The first-order valence-corrected chi connectivity index (χ1v) is 7.40. The Kier molecular flexibility index (Phi) is 3.30. The van der Waals surface area contributed by atoms with Gasteiger partial charge in [0.05, 0.1) is 0 Å². The van der Waals surface area contributed by atoms with Crippen molar-refractivity contribution >= 4 is 34.6 Å². The van der Waals surface area contributed by atoms with Crippen LogP contribution in [0.25, 0.3) is 10.8 Å². The van der Waals surface area contributed by atoms with Crippen molar-refractivity contribution in [2.75, 3.05) is 10.5 Å². The van der Waals surface area contributed by atoms with Crippen molar-refractivity contribution in [3.05, 3.63) is 60.7 Å². The standard InChI is InChI=1S/C17H12BF3N2O/c19-17(20,21)24-13-7-3-6-12(10-13)18-22-14-8-1-4-11-5-2-9-15(23-18)16(11)14/h1-10,22-23H. The van der Waals surface area contributed by atoms with E-state index in [9.17, 15) is 13.2 Å². The monoisotopic (exact) mass is 328 g/mol. The molecule has 3 aromatic carbocycles.